The van der Waals surface area contributed by atoms with Gasteiger partial charge in [-0.05, 0) is 72.9 Å². The van der Waals surface area contributed by atoms with Crippen LogP contribution in [0.15, 0.2) is 35.3 Å². The average Bonchev–Trinajstić information content (AvgIpc) is 3.11. The van der Waals surface area contributed by atoms with E-state index in [2.05, 4.69) is 22.0 Å². The van der Waals surface area contributed by atoms with Crippen LogP contribution in [0.1, 0.15) is 17.5 Å². The second kappa shape index (κ2) is 5.93. The number of benzene rings is 1. The fourth-order valence-corrected chi connectivity index (χ4v) is 5.13. The second-order valence-corrected chi connectivity index (χ2v) is 8.04. The summed E-state index contributed by atoms with van der Waals surface area (Å²) in [5, 5.41) is 0. The average molecular weight is 351 g/mol. The van der Waals surface area contributed by atoms with Gasteiger partial charge in [0.25, 0.3) is 0 Å². The normalized spacial score (nSPS) is 30.0. The third kappa shape index (κ3) is 2.56. The Labute approximate surface area is 152 Å². The van der Waals surface area contributed by atoms with Crippen LogP contribution in [0.25, 0.3) is 5.69 Å². The topological polar surface area (TPSA) is 90.2 Å². The first-order valence-electron chi connectivity index (χ1n) is 9.55. The van der Waals surface area contributed by atoms with Crippen molar-refractivity contribution in [2.75, 3.05) is 25.4 Å². The molecule has 1 aromatic heterocycles. The van der Waals surface area contributed by atoms with Crippen molar-refractivity contribution in [3.8, 4) is 5.69 Å². The van der Waals surface area contributed by atoms with Gasteiger partial charge in [-0.1, -0.05) is 6.07 Å². The largest absolute Gasteiger partial charge is 0.383 e. The predicted molar refractivity (Wildman–Crippen MR) is 101 cm³/mol. The maximum atomic E-state index is 12.1. The molecule has 1 unspecified atom stereocenters. The van der Waals surface area contributed by atoms with Crippen LogP contribution < -0.4 is 17.2 Å². The van der Waals surface area contributed by atoms with Gasteiger partial charge in [-0.3, -0.25) is 9.47 Å². The zero-order valence-corrected chi connectivity index (χ0v) is 14.8. The Morgan fingerprint density at radius 3 is 2.69 bits per heavy atom. The zero-order valence-electron chi connectivity index (χ0n) is 14.8. The monoisotopic (exact) mass is 351 g/mol. The lowest BCUT2D eigenvalue weighted by molar-refractivity contribution is 0.191. The molecule has 1 aliphatic heterocycles. The summed E-state index contributed by atoms with van der Waals surface area (Å²) in [4.78, 5) is 18.6. The third-order valence-corrected chi connectivity index (χ3v) is 6.68. The highest BCUT2D eigenvalue weighted by Gasteiger charge is 2.55. The zero-order chi connectivity index (χ0) is 17.8. The summed E-state index contributed by atoms with van der Waals surface area (Å²) in [7, 11) is 0. The van der Waals surface area contributed by atoms with E-state index in [9.17, 15) is 4.79 Å². The van der Waals surface area contributed by atoms with E-state index < -0.39 is 0 Å². The van der Waals surface area contributed by atoms with Gasteiger partial charge in [0.2, 0.25) is 0 Å². The molecule has 0 bridgehead atoms. The van der Waals surface area contributed by atoms with Gasteiger partial charge in [-0.15, -0.1) is 0 Å². The van der Waals surface area contributed by atoms with Gasteiger partial charge in [0, 0.05) is 25.3 Å². The van der Waals surface area contributed by atoms with Crippen molar-refractivity contribution in [1.29, 1.82) is 0 Å². The number of nitrogens with zero attached hydrogens (tertiary/aromatic N) is 3. The van der Waals surface area contributed by atoms with Crippen molar-refractivity contribution in [3.05, 3.63) is 52.1 Å². The Balaban J connectivity index is 1.33. The summed E-state index contributed by atoms with van der Waals surface area (Å²) in [6.07, 6.45) is 5.06. The molecule has 5 rings (SSSR count). The molecule has 2 fully saturated rings. The van der Waals surface area contributed by atoms with Crippen molar-refractivity contribution in [1.82, 2.24) is 14.5 Å². The summed E-state index contributed by atoms with van der Waals surface area (Å²) in [6.45, 7) is 3.33. The molecule has 26 heavy (non-hydrogen) atoms. The van der Waals surface area contributed by atoms with Crippen LogP contribution in [0.2, 0.25) is 0 Å². The van der Waals surface area contributed by atoms with Crippen LogP contribution in [0.3, 0.4) is 0 Å². The number of piperidine rings is 1. The number of anilines is 1. The minimum Gasteiger partial charge on any atom is -0.383 e. The van der Waals surface area contributed by atoms with E-state index in [0.29, 0.717) is 6.04 Å². The van der Waals surface area contributed by atoms with Crippen molar-refractivity contribution in [2.24, 2.45) is 23.5 Å². The smallest absolute Gasteiger partial charge is 0.354 e. The van der Waals surface area contributed by atoms with Crippen LogP contribution >= 0.6 is 0 Å². The Kier molecular flexibility index (Phi) is 3.65. The van der Waals surface area contributed by atoms with Gasteiger partial charge < -0.3 is 11.5 Å². The molecule has 2 aliphatic carbocycles. The van der Waals surface area contributed by atoms with E-state index in [-0.39, 0.29) is 11.5 Å². The van der Waals surface area contributed by atoms with Crippen molar-refractivity contribution >= 4 is 5.82 Å². The maximum Gasteiger partial charge on any atom is 0.354 e. The first-order chi connectivity index (χ1) is 12.6. The number of hydrogen-bond donors (Lipinski definition) is 2. The second-order valence-electron chi connectivity index (χ2n) is 8.04. The molecule has 2 aromatic rings. The number of likely N-dealkylation sites (tertiary alicyclic amines) is 1. The minimum absolute atomic E-state index is 0.257. The van der Waals surface area contributed by atoms with Gasteiger partial charge in [-0.25, -0.2) is 4.79 Å². The van der Waals surface area contributed by atoms with Crippen LogP contribution in [0, 0.1) is 17.8 Å². The molecular formula is C20H25N5O. The first kappa shape index (κ1) is 16.0. The summed E-state index contributed by atoms with van der Waals surface area (Å²) in [5.41, 5.74) is 14.7. The first-order valence-corrected chi connectivity index (χ1v) is 9.55. The Morgan fingerprint density at radius 2 is 1.96 bits per heavy atom. The highest BCUT2D eigenvalue weighted by Crippen LogP contribution is 2.52. The lowest BCUT2D eigenvalue weighted by Crippen LogP contribution is -2.40. The van der Waals surface area contributed by atoms with Gasteiger partial charge in [-0.2, -0.15) is 4.98 Å². The van der Waals surface area contributed by atoms with Crippen LogP contribution in [0.5, 0.6) is 0 Å². The number of aryl methyl sites for hydroxylation is 1. The molecule has 4 atom stereocenters. The quantitative estimate of drug-likeness (QED) is 0.854. The van der Waals surface area contributed by atoms with Crippen LogP contribution in [0.4, 0.5) is 5.82 Å². The van der Waals surface area contributed by atoms with Crippen molar-refractivity contribution in [3.63, 3.8) is 0 Å². The van der Waals surface area contributed by atoms with Gasteiger partial charge in [0.05, 0.1) is 5.69 Å². The Bertz CT molecular complexity index is 895. The lowest BCUT2D eigenvalue weighted by atomic mass is 9.87. The van der Waals surface area contributed by atoms with E-state index in [0.717, 1.165) is 42.8 Å². The third-order valence-electron chi connectivity index (χ3n) is 6.68. The summed E-state index contributed by atoms with van der Waals surface area (Å²) >= 11 is 0. The molecule has 4 N–H and O–H groups in total. The van der Waals surface area contributed by atoms with E-state index >= 15 is 0 Å². The van der Waals surface area contributed by atoms with Gasteiger partial charge >= 0.3 is 5.69 Å². The van der Waals surface area contributed by atoms with E-state index in [1.165, 1.54) is 30.6 Å². The van der Waals surface area contributed by atoms with Gasteiger partial charge in [0.15, 0.2) is 0 Å². The molecule has 1 saturated heterocycles. The van der Waals surface area contributed by atoms with Gasteiger partial charge in [0.1, 0.15) is 5.82 Å². The highest BCUT2D eigenvalue weighted by atomic mass is 16.1. The number of nitrogen functional groups attached to an aromatic ring is 1. The lowest BCUT2D eigenvalue weighted by Gasteiger charge is -2.34. The molecule has 6 nitrogen and oxygen atoms in total. The number of rotatable bonds is 3. The molecular weight excluding hydrogens is 326 g/mol. The molecule has 3 aliphatic rings. The number of aromatic nitrogens is 2. The molecule has 1 saturated carbocycles. The predicted octanol–water partition coefficient (Wildman–Crippen LogP) is 0.808. The van der Waals surface area contributed by atoms with Crippen LogP contribution in [-0.4, -0.2) is 40.1 Å². The van der Waals surface area contributed by atoms with E-state index in [1.54, 1.807) is 16.8 Å². The standard InChI is InChI=1S/C20H25N5O/c21-9-16-17-10-24(11-18(16)17)14-3-1-13-8-15(4-2-12(13)7-14)25-6-5-19(22)23-20(25)26/h2,4-6,8,14,16-18H,1,3,7,9-11,21H2,(H2,22,23,26)/t14?,16-,17-,18+. The molecule has 2 heterocycles. The number of nitrogens with two attached hydrogens (primary N) is 2. The van der Waals surface area contributed by atoms with E-state index in [1.807, 2.05) is 6.07 Å². The summed E-state index contributed by atoms with van der Waals surface area (Å²) < 4.78 is 1.56. The maximum absolute atomic E-state index is 12.1. The summed E-state index contributed by atoms with van der Waals surface area (Å²) in [6, 6.07) is 8.65. The van der Waals surface area contributed by atoms with Crippen molar-refractivity contribution < 1.29 is 0 Å². The molecule has 6 heteroatoms. The molecule has 136 valence electrons. The number of fused-ring (bicyclic) bond motifs is 2. The Morgan fingerprint density at radius 1 is 1.15 bits per heavy atom. The minimum atomic E-state index is -0.329. The molecule has 0 radical (unpaired) electrons. The van der Waals surface area contributed by atoms with Crippen molar-refractivity contribution in [2.45, 2.75) is 25.3 Å². The Hall–Kier alpha value is -2.18. The molecule has 0 amide bonds. The molecule has 1 aromatic carbocycles. The highest BCUT2D eigenvalue weighted by molar-refractivity contribution is 5.43. The molecule has 0 spiro atoms. The fourth-order valence-electron chi connectivity index (χ4n) is 5.13. The van der Waals surface area contributed by atoms with E-state index in [4.69, 9.17) is 11.5 Å². The SMILES string of the molecule is NC[C@@H]1[C@H]2CN(C3CCc4cc(-n5ccc(N)nc5=O)ccc4C3)C[C@@H]12. The number of hydrogen-bond acceptors (Lipinski definition) is 5. The fraction of sp³-hybridized carbons (Fsp3) is 0.500. The van der Waals surface area contributed by atoms with Crippen LogP contribution in [-0.2, 0) is 12.8 Å². The summed E-state index contributed by atoms with van der Waals surface area (Å²) in [5.74, 6) is 2.76.